The Kier molecular flexibility index (Phi) is 4.63. The van der Waals surface area contributed by atoms with Gasteiger partial charge in [-0.3, -0.25) is 4.79 Å². The number of carbonyl (C=O) groups is 1. The molecule has 5 heteroatoms. The number of amides is 1. The summed E-state index contributed by atoms with van der Waals surface area (Å²) >= 11 is 1.69. The Bertz CT molecular complexity index is 767. The van der Waals surface area contributed by atoms with Crippen LogP contribution in [-0.4, -0.2) is 23.5 Å². The van der Waals surface area contributed by atoms with Crippen LogP contribution in [0.25, 0.3) is 11.3 Å². The fraction of sp³-hybridized carbons (Fsp3) is 0.474. The van der Waals surface area contributed by atoms with Crippen LogP contribution in [0.5, 0.6) is 5.75 Å². The molecule has 3 rings (SSSR count). The Balaban J connectivity index is 2.07. The van der Waals surface area contributed by atoms with Gasteiger partial charge in [-0.1, -0.05) is 20.8 Å². The van der Waals surface area contributed by atoms with Gasteiger partial charge >= 0.3 is 0 Å². The van der Waals surface area contributed by atoms with E-state index in [2.05, 4.69) is 25.8 Å². The van der Waals surface area contributed by atoms with E-state index in [9.17, 15) is 4.79 Å². The lowest BCUT2D eigenvalue weighted by molar-refractivity contribution is -0.126. The second kappa shape index (κ2) is 6.55. The summed E-state index contributed by atoms with van der Waals surface area (Å²) in [6.45, 7) is 11.0. The summed E-state index contributed by atoms with van der Waals surface area (Å²) in [5, 5.41) is 1.05. The normalized spacial score (nSPS) is 17.2. The van der Waals surface area contributed by atoms with Crippen LogP contribution < -0.4 is 9.64 Å². The van der Waals surface area contributed by atoms with Gasteiger partial charge in [0.15, 0.2) is 6.10 Å². The van der Waals surface area contributed by atoms with E-state index in [0.717, 1.165) is 27.7 Å². The van der Waals surface area contributed by atoms with Crippen molar-refractivity contribution in [3.63, 3.8) is 0 Å². The SMILES string of the molecule is CCC1Oc2ccc(-c3nc(C)sc3C)cc2N(CC(C)C)C1=O. The van der Waals surface area contributed by atoms with Gasteiger partial charge < -0.3 is 9.64 Å². The average molecular weight is 344 g/mol. The maximum absolute atomic E-state index is 12.8. The van der Waals surface area contributed by atoms with Gasteiger partial charge in [0.25, 0.3) is 5.91 Å². The Labute approximate surface area is 147 Å². The van der Waals surface area contributed by atoms with Crippen molar-refractivity contribution in [1.29, 1.82) is 0 Å². The third-order valence-corrected chi connectivity index (χ3v) is 5.04. The molecule has 4 nitrogen and oxygen atoms in total. The number of nitrogens with zero attached hydrogens (tertiary/aromatic N) is 2. The van der Waals surface area contributed by atoms with Crippen LogP contribution in [0.1, 0.15) is 37.1 Å². The maximum Gasteiger partial charge on any atom is 0.268 e. The molecule has 0 aliphatic carbocycles. The molecule has 128 valence electrons. The molecule has 2 heterocycles. The number of aromatic nitrogens is 1. The van der Waals surface area contributed by atoms with Crippen molar-refractivity contribution in [2.45, 2.75) is 47.1 Å². The van der Waals surface area contributed by atoms with Gasteiger partial charge in [-0.15, -0.1) is 11.3 Å². The van der Waals surface area contributed by atoms with E-state index in [0.29, 0.717) is 18.9 Å². The van der Waals surface area contributed by atoms with Gasteiger partial charge in [0, 0.05) is 17.0 Å². The zero-order valence-electron chi connectivity index (χ0n) is 14.9. The number of ether oxygens (including phenoxy) is 1. The number of carbonyl (C=O) groups excluding carboxylic acids is 1. The van der Waals surface area contributed by atoms with Crippen molar-refractivity contribution in [1.82, 2.24) is 4.98 Å². The van der Waals surface area contributed by atoms with Crippen molar-refractivity contribution in [3.8, 4) is 17.0 Å². The van der Waals surface area contributed by atoms with Crippen LogP contribution in [0.2, 0.25) is 0 Å². The summed E-state index contributed by atoms with van der Waals surface area (Å²) in [4.78, 5) is 20.5. The van der Waals surface area contributed by atoms with Crippen LogP contribution in [0.4, 0.5) is 5.69 Å². The molecule has 0 saturated heterocycles. The van der Waals surface area contributed by atoms with Crippen LogP contribution in [0.15, 0.2) is 18.2 Å². The minimum Gasteiger partial charge on any atom is -0.478 e. The monoisotopic (exact) mass is 344 g/mol. The van der Waals surface area contributed by atoms with E-state index in [-0.39, 0.29) is 12.0 Å². The lowest BCUT2D eigenvalue weighted by Crippen LogP contribution is -2.47. The zero-order chi connectivity index (χ0) is 17.4. The zero-order valence-corrected chi connectivity index (χ0v) is 15.7. The van der Waals surface area contributed by atoms with Crippen molar-refractivity contribution in [2.75, 3.05) is 11.4 Å². The van der Waals surface area contributed by atoms with Gasteiger partial charge in [0.05, 0.1) is 16.4 Å². The molecule has 2 aromatic rings. The van der Waals surface area contributed by atoms with Gasteiger partial charge in [-0.25, -0.2) is 4.98 Å². The predicted octanol–water partition coefficient (Wildman–Crippen LogP) is 4.59. The molecule has 0 N–H and O–H groups in total. The Morgan fingerprint density at radius 3 is 2.67 bits per heavy atom. The van der Waals surface area contributed by atoms with Crippen molar-refractivity contribution >= 4 is 22.9 Å². The molecule has 24 heavy (non-hydrogen) atoms. The number of thiazole rings is 1. The molecule has 0 bridgehead atoms. The summed E-state index contributed by atoms with van der Waals surface area (Å²) < 4.78 is 5.92. The number of hydrogen-bond acceptors (Lipinski definition) is 4. The molecule has 0 spiro atoms. The molecular weight excluding hydrogens is 320 g/mol. The highest BCUT2D eigenvalue weighted by Crippen LogP contribution is 2.39. The number of anilines is 1. The summed E-state index contributed by atoms with van der Waals surface area (Å²) in [7, 11) is 0. The highest BCUT2D eigenvalue weighted by atomic mass is 32.1. The van der Waals surface area contributed by atoms with E-state index >= 15 is 0 Å². The minimum absolute atomic E-state index is 0.0574. The Morgan fingerprint density at radius 1 is 1.33 bits per heavy atom. The van der Waals surface area contributed by atoms with Gasteiger partial charge in [-0.2, -0.15) is 0 Å². The van der Waals surface area contributed by atoms with Crippen LogP contribution in [0.3, 0.4) is 0 Å². The standard InChI is InChI=1S/C19H24N2O2S/c1-6-16-19(22)21(10-11(2)3)15-9-14(7-8-17(15)23-16)18-12(4)24-13(5)20-18/h7-9,11,16H,6,10H2,1-5H3. The molecule has 1 aliphatic heterocycles. The molecule has 1 aromatic heterocycles. The fourth-order valence-corrected chi connectivity index (χ4v) is 3.92. The summed E-state index contributed by atoms with van der Waals surface area (Å²) in [5.74, 6) is 1.24. The highest BCUT2D eigenvalue weighted by Gasteiger charge is 2.33. The van der Waals surface area contributed by atoms with Gasteiger partial charge in [0.1, 0.15) is 5.75 Å². The van der Waals surface area contributed by atoms with Crippen molar-refractivity contribution < 1.29 is 9.53 Å². The summed E-state index contributed by atoms with van der Waals surface area (Å²) in [6.07, 6.45) is 0.296. The predicted molar refractivity (Wildman–Crippen MR) is 98.9 cm³/mol. The number of hydrogen-bond donors (Lipinski definition) is 0. The second-order valence-electron chi connectivity index (χ2n) is 6.68. The van der Waals surface area contributed by atoms with E-state index in [4.69, 9.17) is 4.74 Å². The first-order chi connectivity index (χ1) is 11.4. The van der Waals surface area contributed by atoms with E-state index in [1.165, 1.54) is 4.88 Å². The first kappa shape index (κ1) is 17.0. The fourth-order valence-electron chi connectivity index (χ4n) is 3.08. The highest BCUT2D eigenvalue weighted by molar-refractivity contribution is 7.11. The molecule has 1 unspecified atom stereocenters. The first-order valence-electron chi connectivity index (χ1n) is 8.47. The Hall–Kier alpha value is -1.88. The average Bonchev–Trinajstić information content (AvgIpc) is 2.87. The van der Waals surface area contributed by atoms with E-state index in [1.54, 1.807) is 11.3 Å². The second-order valence-corrected chi connectivity index (χ2v) is 8.08. The number of benzene rings is 1. The van der Waals surface area contributed by atoms with Gasteiger partial charge in [-0.05, 0) is 44.4 Å². The van der Waals surface area contributed by atoms with Crippen LogP contribution in [-0.2, 0) is 4.79 Å². The minimum atomic E-state index is -0.384. The molecular formula is C19H24N2O2S. The smallest absolute Gasteiger partial charge is 0.268 e. The molecule has 1 aromatic carbocycles. The lowest BCUT2D eigenvalue weighted by Gasteiger charge is -2.35. The quantitative estimate of drug-likeness (QED) is 0.815. The van der Waals surface area contributed by atoms with E-state index < -0.39 is 0 Å². The Morgan fingerprint density at radius 2 is 2.08 bits per heavy atom. The molecule has 1 atom stereocenters. The summed E-state index contributed by atoms with van der Waals surface area (Å²) in [5.41, 5.74) is 2.89. The number of aryl methyl sites for hydroxylation is 2. The number of rotatable bonds is 4. The maximum atomic E-state index is 12.8. The third kappa shape index (κ3) is 3.05. The van der Waals surface area contributed by atoms with Crippen molar-refractivity contribution in [2.24, 2.45) is 5.92 Å². The first-order valence-corrected chi connectivity index (χ1v) is 9.28. The lowest BCUT2D eigenvalue weighted by atomic mass is 10.0. The van der Waals surface area contributed by atoms with Crippen molar-refractivity contribution in [3.05, 3.63) is 28.1 Å². The third-order valence-electron chi connectivity index (χ3n) is 4.16. The molecule has 0 fully saturated rings. The van der Waals surface area contributed by atoms with Gasteiger partial charge in [0.2, 0.25) is 0 Å². The molecule has 1 aliphatic rings. The van der Waals surface area contributed by atoms with E-state index in [1.807, 2.05) is 36.9 Å². The number of fused-ring (bicyclic) bond motifs is 1. The summed E-state index contributed by atoms with van der Waals surface area (Å²) in [6, 6.07) is 6.06. The molecule has 0 radical (unpaired) electrons. The van der Waals surface area contributed by atoms with Crippen LogP contribution >= 0.6 is 11.3 Å². The topological polar surface area (TPSA) is 42.4 Å². The molecule has 1 amide bonds. The van der Waals surface area contributed by atoms with Crippen LogP contribution in [0, 0.1) is 19.8 Å². The largest absolute Gasteiger partial charge is 0.478 e. The molecule has 0 saturated carbocycles.